The van der Waals surface area contributed by atoms with Crippen LogP contribution in [0.1, 0.15) is 34.6 Å². The van der Waals surface area contributed by atoms with Crippen LogP contribution in [-0.4, -0.2) is 41.9 Å². The minimum absolute atomic E-state index is 0.179. The molecule has 1 aliphatic carbocycles. The number of nitrogens with zero attached hydrogens (tertiary/aromatic N) is 2. The van der Waals surface area contributed by atoms with Crippen molar-refractivity contribution in [2.24, 2.45) is 10.7 Å². The van der Waals surface area contributed by atoms with E-state index in [9.17, 15) is 4.79 Å². The fraction of sp³-hybridized carbons (Fsp3) is 0.435. The number of benzene rings is 2. The number of hydrogen-bond acceptors (Lipinski definition) is 7. The summed E-state index contributed by atoms with van der Waals surface area (Å²) in [5.41, 5.74) is 8.07. The molecule has 1 aliphatic heterocycles. The Morgan fingerprint density at radius 1 is 1.16 bits per heavy atom. The van der Waals surface area contributed by atoms with E-state index >= 15 is 0 Å². The van der Waals surface area contributed by atoms with Crippen molar-refractivity contribution in [2.45, 2.75) is 45.8 Å². The Labute approximate surface area is 187 Å². The maximum atomic E-state index is 11.7. The summed E-state index contributed by atoms with van der Waals surface area (Å²) in [6.45, 7) is 11.1. The van der Waals surface area contributed by atoms with Crippen molar-refractivity contribution >= 4 is 33.3 Å². The highest BCUT2D eigenvalue weighted by molar-refractivity contribution is 7.21. The van der Waals surface area contributed by atoms with Gasteiger partial charge in [0.05, 0.1) is 32.7 Å². The van der Waals surface area contributed by atoms with E-state index in [0.717, 1.165) is 31.8 Å². The van der Waals surface area contributed by atoms with Crippen LogP contribution < -0.4 is 21.7 Å². The van der Waals surface area contributed by atoms with Gasteiger partial charge in [-0.1, -0.05) is 0 Å². The highest BCUT2D eigenvalue weighted by Gasteiger charge is 2.16. The van der Waals surface area contributed by atoms with Gasteiger partial charge in [-0.3, -0.25) is 4.99 Å². The Bertz CT molecular complexity index is 1100. The van der Waals surface area contributed by atoms with Crippen LogP contribution in [0, 0.1) is 0 Å². The SMILES string of the molecule is CC(C)(CN)Nc1ccc2nc3ccc(=NCCNC(=O)OC(C)(C)C)cc-3sc2c1. The average Bonchev–Trinajstić information content (AvgIpc) is 2.68. The van der Waals surface area contributed by atoms with Crippen LogP contribution in [0.2, 0.25) is 0 Å². The van der Waals surface area contributed by atoms with Crippen LogP contribution >= 0.6 is 11.3 Å². The van der Waals surface area contributed by atoms with Gasteiger partial charge in [-0.15, -0.1) is 11.3 Å². The van der Waals surface area contributed by atoms with Crippen LogP contribution in [0.15, 0.2) is 41.4 Å². The van der Waals surface area contributed by atoms with Crippen LogP contribution in [0.25, 0.3) is 20.8 Å². The van der Waals surface area contributed by atoms with E-state index in [1.807, 2.05) is 51.1 Å². The second-order valence-electron chi connectivity index (χ2n) is 9.07. The minimum atomic E-state index is -0.508. The van der Waals surface area contributed by atoms with Gasteiger partial charge in [-0.05, 0) is 71.0 Å². The number of anilines is 1. The van der Waals surface area contributed by atoms with E-state index in [-0.39, 0.29) is 5.54 Å². The summed E-state index contributed by atoms with van der Waals surface area (Å²) in [6, 6.07) is 12.1. The van der Waals surface area contributed by atoms with Crippen molar-refractivity contribution in [3.63, 3.8) is 0 Å². The number of hydrogen-bond donors (Lipinski definition) is 3. The van der Waals surface area contributed by atoms with Gasteiger partial charge in [-0.2, -0.15) is 0 Å². The summed E-state index contributed by atoms with van der Waals surface area (Å²) in [4.78, 5) is 22.1. The largest absolute Gasteiger partial charge is 0.444 e. The Morgan fingerprint density at radius 3 is 2.65 bits per heavy atom. The highest BCUT2D eigenvalue weighted by atomic mass is 32.1. The third-order valence-corrected chi connectivity index (χ3v) is 5.53. The number of ether oxygens (including phenoxy) is 1. The summed E-state index contributed by atoms with van der Waals surface area (Å²) in [5.74, 6) is 0. The topological polar surface area (TPSA) is 102 Å². The summed E-state index contributed by atoms with van der Waals surface area (Å²) >= 11 is 1.68. The zero-order valence-electron chi connectivity index (χ0n) is 18.8. The van der Waals surface area contributed by atoms with Crippen molar-refractivity contribution in [3.05, 3.63) is 41.8 Å². The standard InChI is InChI=1S/C23H31N5O2S/c1-22(2,3)30-21(29)26-11-10-25-15-6-8-17-19(12-15)31-20-13-16(7-9-18(20)27-17)28-23(4,5)14-24/h6-9,12-13,28H,10-11,14,24H2,1-5H3,(H,26,29). The molecule has 0 radical (unpaired) electrons. The lowest BCUT2D eigenvalue weighted by molar-refractivity contribution is 0.0529. The van der Waals surface area contributed by atoms with Gasteiger partial charge < -0.3 is 21.1 Å². The molecule has 0 saturated heterocycles. The van der Waals surface area contributed by atoms with E-state index in [1.165, 1.54) is 0 Å². The summed E-state index contributed by atoms with van der Waals surface area (Å²) in [7, 11) is 0. The Kier molecular flexibility index (Phi) is 6.81. The lowest BCUT2D eigenvalue weighted by Gasteiger charge is -2.25. The zero-order chi connectivity index (χ0) is 22.6. The van der Waals surface area contributed by atoms with E-state index in [0.29, 0.717) is 19.6 Å². The van der Waals surface area contributed by atoms with E-state index < -0.39 is 11.7 Å². The molecule has 31 heavy (non-hydrogen) atoms. The zero-order valence-corrected chi connectivity index (χ0v) is 19.6. The van der Waals surface area contributed by atoms with Crippen LogP contribution in [0.3, 0.4) is 0 Å². The molecule has 0 spiro atoms. The summed E-state index contributed by atoms with van der Waals surface area (Å²) in [6.07, 6.45) is -0.429. The molecule has 4 N–H and O–H groups in total. The first-order valence-corrected chi connectivity index (χ1v) is 11.2. The van der Waals surface area contributed by atoms with Crippen LogP contribution in [0.5, 0.6) is 0 Å². The number of rotatable bonds is 6. The molecule has 0 bridgehead atoms. The van der Waals surface area contributed by atoms with Crippen LogP contribution in [-0.2, 0) is 4.74 Å². The van der Waals surface area contributed by atoms with Gasteiger partial charge in [0.15, 0.2) is 0 Å². The molecule has 1 heterocycles. The van der Waals surface area contributed by atoms with Crippen molar-refractivity contribution in [3.8, 4) is 10.6 Å². The maximum Gasteiger partial charge on any atom is 0.407 e. The molecule has 166 valence electrons. The lowest BCUT2D eigenvalue weighted by atomic mass is 10.1. The third-order valence-electron chi connectivity index (χ3n) is 4.43. The first-order chi connectivity index (χ1) is 14.5. The van der Waals surface area contributed by atoms with Crippen molar-refractivity contribution in [1.29, 1.82) is 0 Å². The van der Waals surface area contributed by atoms with Crippen LogP contribution in [0.4, 0.5) is 10.5 Å². The molecule has 0 unspecified atom stereocenters. The quantitative estimate of drug-likeness (QED) is 0.397. The number of fused-ring (bicyclic) bond motifs is 2. The predicted octanol–water partition coefficient (Wildman–Crippen LogP) is 3.98. The molecule has 7 nitrogen and oxygen atoms in total. The molecule has 8 heteroatoms. The second-order valence-corrected chi connectivity index (χ2v) is 10.2. The maximum absolute atomic E-state index is 11.7. The number of carbonyl (C=O) groups is 1. The summed E-state index contributed by atoms with van der Waals surface area (Å²) in [5, 5.41) is 7.04. The molecule has 1 aromatic carbocycles. The molecule has 3 rings (SSSR count). The normalized spacial score (nSPS) is 12.9. The van der Waals surface area contributed by atoms with Crippen molar-refractivity contribution in [1.82, 2.24) is 10.3 Å². The smallest absolute Gasteiger partial charge is 0.407 e. The van der Waals surface area contributed by atoms with Gasteiger partial charge in [0.2, 0.25) is 0 Å². The van der Waals surface area contributed by atoms with Crippen molar-refractivity contribution in [2.75, 3.05) is 25.0 Å². The van der Waals surface area contributed by atoms with Crippen molar-refractivity contribution < 1.29 is 9.53 Å². The molecule has 0 aromatic heterocycles. The number of amides is 1. The predicted molar refractivity (Wildman–Crippen MR) is 128 cm³/mol. The molecule has 1 amide bonds. The third kappa shape index (κ3) is 6.63. The number of aromatic nitrogens is 1. The fourth-order valence-corrected chi connectivity index (χ4v) is 3.93. The molecule has 1 aromatic rings. The van der Waals surface area contributed by atoms with Gasteiger partial charge in [-0.25, -0.2) is 9.78 Å². The van der Waals surface area contributed by atoms with E-state index in [2.05, 4.69) is 35.5 Å². The average molecular weight is 442 g/mol. The Morgan fingerprint density at radius 2 is 1.94 bits per heavy atom. The monoisotopic (exact) mass is 441 g/mol. The second kappa shape index (κ2) is 9.20. The molecule has 0 saturated carbocycles. The number of carbonyl (C=O) groups excluding carboxylic acids is 1. The summed E-state index contributed by atoms with van der Waals surface area (Å²) < 4.78 is 6.32. The first kappa shape index (κ1) is 23.0. The van der Waals surface area contributed by atoms with Gasteiger partial charge in [0.25, 0.3) is 0 Å². The van der Waals surface area contributed by atoms with Gasteiger partial charge in [0.1, 0.15) is 5.60 Å². The van der Waals surface area contributed by atoms with Gasteiger partial charge in [0, 0.05) is 24.3 Å². The van der Waals surface area contributed by atoms with E-state index in [4.69, 9.17) is 15.5 Å². The number of nitrogens with one attached hydrogen (secondary N) is 2. The lowest BCUT2D eigenvalue weighted by Crippen LogP contribution is -2.39. The van der Waals surface area contributed by atoms with Gasteiger partial charge >= 0.3 is 6.09 Å². The van der Waals surface area contributed by atoms with E-state index in [1.54, 1.807) is 11.3 Å². The Balaban J connectivity index is 1.76. The molecule has 0 atom stereocenters. The Hall–Kier alpha value is -2.71. The number of nitrogens with two attached hydrogens (primary N) is 1. The molecule has 0 fully saturated rings. The first-order valence-electron chi connectivity index (χ1n) is 10.3. The molecular weight excluding hydrogens is 410 g/mol. The highest BCUT2D eigenvalue weighted by Crippen LogP contribution is 2.31. The molecular formula is C23H31N5O2S. The number of alkyl carbamates (subject to hydrolysis) is 1. The fourth-order valence-electron chi connectivity index (χ4n) is 2.89. The molecule has 2 aliphatic rings. The minimum Gasteiger partial charge on any atom is -0.444 e.